The lowest BCUT2D eigenvalue weighted by molar-refractivity contribution is -0.379. The van der Waals surface area contributed by atoms with E-state index in [0.29, 0.717) is 12.8 Å². The van der Waals surface area contributed by atoms with Crippen LogP contribution in [0, 0.1) is 0 Å². The Morgan fingerprint density at radius 2 is 0.753 bits per heavy atom. The number of aliphatic hydroxyl groups is 11. The molecule has 17 atom stereocenters. The van der Waals surface area contributed by atoms with Crippen LogP contribution in [0.5, 0.6) is 0 Å². The second kappa shape index (κ2) is 54.9. The van der Waals surface area contributed by atoms with Gasteiger partial charge in [-0.2, -0.15) is 0 Å². The minimum absolute atomic E-state index is 0.235. The monoisotopic (exact) mass is 1320 g/mol. The highest BCUT2D eigenvalue weighted by Gasteiger charge is 2.53. The van der Waals surface area contributed by atoms with Crippen molar-refractivity contribution in [2.45, 2.75) is 349 Å². The third-order valence-corrected chi connectivity index (χ3v) is 17.7. The molecule has 19 nitrogen and oxygen atoms in total. The van der Waals surface area contributed by atoms with Crippen molar-refractivity contribution in [1.82, 2.24) is 5.32 Å². The summed E-state index contributed by atoms with van der Waals surface area (Å²) in [6.07, 6.45) is 45.3. The predicted molar refractivity (Wildman–Crippen MR) is 364 cm³/mol. The number of allylic oxidation sites excluding steroid dienone is 13. The van der Waals surface area contributed by atoms with Gasteiger partial charge in [0.15, 0.2) is 18.9 Å². The number of nitrogens with one attached hydrogen (secondary N) is 1. The van der Waals surface area contributed by atoms with Crippen LogP contribution in [0.3, 0.4) is 0 Å². The molecule has 0 saturated carbocycles. The van der Waals surface area contributed by atoms with E-state index in [9.17, 15) is 61.0 Å². The highest BCUT2D eigenvalue weighted by atomic mass is 16.8. The van der Waals surface area contributed by atoms with Gasteiger partial charge in [0.1, 0.15) is 73.2 Å². The Balaban J connectivity index is 1.23. The van der Waals surface area contributed by atoms with Gasteiger partial charge in [-0.15, -0.1) is 0 Å². The molecule has 0 aromatic heterocycles. The number of amides is 1. The molecule has 3 heterocycles. The van der Waals surface area contributed by atoms with Crippen molar-refractivity contribution in [3.05, 3.63) is 85.1 Å². The zero-order valence-corrected chi connectivity index (χ0v) is 57.0. The standard InChI is InChI=1S/C74H129NO18/c1-3-5-7-9-11-12-13-14-15-16-17-18-19-20-21-22-23-24-25-26-27-28-29-30-31-32-33-34-35-36-37-38-39-40-41-42-43-44-46-48-50-52-62(80)75-57(58(79)51-49-47-45-10-8-6-4-2)56-88-72-68(86)65(83)70(60(54-77)90-72)93-74-69(87)66(84)71(61(55-78)91-74)92-73-67(85)64(82)63(81)59(53-76)89-73/h5,7-8,10-12,14-15,17-18,20-21,49,51,57-61,63-74,76-79,81-87H,3-4,6,9,13,16,19,22-48,50,52-56H2,1-2H3,(H,75,80)/b7-5-,10-8+,12-11-,15-14-,18-17-,21-20-,51-49+. The first-order valence-corrected chi connectivity index (χ1v) is 36.3. The summed E-state index contributed by atoms with van der Waals surface area (Å²) in [5, 5.41) is 120. The molecule has 93 heavy (non-hydrogen) atoms. The number of hydrogen-bond acceptors (Lipinski definition) is 18. The Morgan fingerprint density at radius 3 is 1.19 bits per heavy atom. The molecular formula is C74H129NO18. The third kappa shape index (κ3) is 36.4. The highest BCUT2D eigenvalue weighted by Crippen LogP contribution is 2.33. The molecular weight excluding hydrogens is 1190 g/mol. The smallest absolute Gasteiger partial charge is 0.220 e. The van der Waals surface area contributed by atoms with Gasteiger partial charge in [-0.25, -0.2) is 0 Å². The van der Waals surface area contributed by atoms with Gasteiger partial charge in [-0.1, -0.05) is 253 Å². The average Bonchev–Trinajstić information content (AvgIpc) is 0.798. The molecule has 3 aliphatic rings. The molecule has 0 aromatic rings. The number of unbranched alkanes of at least 4 members (excludes halogenated alkanes) is 27. The summed E-state index contributed by atoms with van der Waals surface area (Å²) < 4.78 is 34.2. The Kier molecular flexibility index (Phi) is 49.7. The van der Waals surface area contributed by atoms with E-state index >= 15 is 0 Å². The van der Waals surface area contributed by atoms with E-state index in [0.717, 1.165) is 70.6 Å². The highest BCUT2D eigenvalue weighted by molar-refractivity contribution is 5.76. The molecule has 3 fully saturated rings. The first kappa shape index (κ1) is 84.2. The van der Waals surface area contributed by atoms with Gasteiger partial charge in [-0.05, 0) is 70.6 Å². The van der Waals surface area contributed by atoms with Crippen LogP contribution in [0.25, 0.3) is 0 Å². The largest absolute Gasteiger partial charge is 0.394 e. The maximum Gasteiger partial charge on any atom is 0.220 e. The number of carbonyl (C=O) groups excluding carboxylic acids is 1. The number of aliphatic hydroxyl groups excluding tert-OH is 11. The van der Waals surface area contributed by atoms with Crippen LogP contribution in [0.4, 0.5) is 0 Å². The Morgan fingerprint density at radius 1 is 0.398 bits per heavy atom. The van der Waals surface area contributed by atoms with Crippen LogP contribution < -0.4 is 5.32 Å². The lowest BCUT2D eigenvalue weighted by atomic mass is 9.96. The molecule has 3 aliphatic heterocycles. The van der Waals surface area contributed by atoms with Crippen LogP contribution in [0.15, 0.2) is 85.1 Å². The molecule has 0 spiro atoms. The fourth-order valence-corrected chi connectivity index (χ4v) is 11.8. The molecule has 0 bridgehead atoms. The summed E-state index contributed by atoms with van der Waals surface area (Å²) in [7, 11) is 0. The molecule has 538 valence electrons. The lowest BCUT2D eigenvalue weighted by Crippen LogP contribution is -2.66. The van der Waals surface area contributed by atoms with Gasteiger partial charge in [0.05, 0.1) is 38.6 Å². The van der Waals surface area contributed by atoms with Crippen LogP contribution in [-0.2, 0) is 33.2 Å². The van der Waals surface area contributed by atoms with Crippen molar-refractivity contribution < 1.29 is 89.4 Å². The first-order valence-electron chi connectivity index (χ1n) is 36.3. The Labute approximate surface area is 559 Å². The minimum atomic E-state index is -1.98. The molecule has 0 aromatic carbocycles. The average molecular weight is 1320 g/mol. The Bertz CT molecular complexity index is 2010. The number of hydrogen-bond donors (Lipinski definition) is 12. The summed E-state index contributed by atoms with van der Waals surface area (Å²) >= 11 is 0. The second-order valence-electron chi connectivity index (χ2n) is 25.7. The topological polar surface area (TPSA) is 307 Å². The van der Waals surface area contributed by atoms with Crippen molar-refractivity contribution in [1.29, 1.82) is 0 Å². The first-order chi connectivity index (χ1) is 45.3. The number of carbonyl (C=O) groups is 1. The maximum atomic E-state index is 13.3. The van der Waals surface area contributed by atoms with Crippen molar-refractivity contribution in [3.8, 4) is 0 Å². The lowest BCUT2D eigenvalue weighted by Gasteiger charge is -2.48. The summed E-state index contributed by atoms with van der Waals surface area (Å²) in [5.41, 5.74) is 0. The fraction of sp³-hybridized carbons (Fsp3) is 0.797. The normalized spacial score (nSPS) is 28.0. The van der Waals surface area contributed by atoms with E-state index in [1.165, 1.54) is 141 Å². The van der Waals surface area contributed by atoms with Crippen LogP contribution in [0.1, 0.15) is 245 Å². The van der Waals surface area contributed by atoms with Gasteiger partial charge in [0, 0.05) is 6.42 Å². The van der Waals surface area contributed by atoms with E-state index in [-0.39, 0.29) is 18.9 Å². The minimum Gasteiger partial charge on any atom is -0.394 e. The molecule has 1 amide bonds. The summed E-state index contributed by atoms with van der Waals surface area (Å²) in [5.74, 6) is -0.289. The predicted octanol–water partition coefficient (Wildman–Crippen LogP) is 10.3. The zero-order valence-electron chi connectivity index (χ0n) is 57.0. The second-order valence-corrected chi connectivity index (χ2v) is 25.7. The SMILES string of the molecule is CC/C=C\C/C=C\C/C=C\C/C=C\C/C=C\CCCCCCCCCCCCCCCCCCCCCCCCCCCC(=O)NC(COC1OC(CO)C(OC2OC(CO)C(OC3OC(CO)C(O)C(O)C3O)C(O)C2O)C(O)C1O)C(O)/C=C/CC/C=C/CCC. The molecule has 12 N–H and O–H groups in total. The van der Waals surface area contributed by atoms with Crippen molar-refractivity contribution in [2.75, 3.05) is 26.4 Å². The molecule has 3 saturated heterocycles. The van der Waals surface area contributed by atoms with E-state index in [1.54, 1.807) is 6.08 Å². The number of rotatable bonds is 55. The molecule has 17 unspecified atom stereocenters. The maximum absolute atomic E-state index is 13.3. The van der Waals surface area contributed by atoms with E-state index in [2.05, 4.69) is 92.1 Å². The van der Waals surface area contributed by atoms with E-state index < -0.39 is 124 Å². The van der Waals surface area contributed by atoms with Crippen LogP contribution in [0.2, 0.25) is 0 Å². The zero-order chi connectivity index (χ0) is 67.5. The van der Waals surface area contributed by atoms with Gasteiger partial charge in [0.25, 0.3) is 0 Å². The van der Waals surface area contributed by atoms with Crippen molar-refractivity contribution in [2.24, 2.45) is 0 Å². The van der Waals surface area contributed by atoms with Crippen molar-refractivity contribution >= 4 is 5.91 Å². The van der Waals surface area contributed by atoms with Gasteiger partial charge in [-0.3, -0.25) is 4.79 Å². The molecule has 0 radical (unpaired) electrons. The van der Waals surface area contributed by atoms with E-state index in [4.69, 9.17) is 28.4 Å². The Hall–Kier alpha value is -3.03. The summed E-state index contributed by atoms with van der Waals surface area (Å²) in [4.78, 5) is 13.3. The molecule has 0 aliphatic carbocycles. The third-order valence-electron chi connectivity index (χ3n) is 17.7. The fourth-order valence-electron chi connectivity index (χ4n) is 11.8. The molecule has 19 heteroatoms. The number of ether oxygens (including phenoxy) is 6. The van der Waals surface area contributed by atoms with E-state index in [1.807, 2.05) is 6.08 Å². The van der Waals surface area contributed by atoms with Gasteiger partial charge >= 0.3 is 0 Å². The van der Waals surface area contributed by atoms with Crippen molar-refractivity contribution in [3.63, 3.8) is 0 Å². The summed E-state index contributed by atoms with van der Waals surface area (Å²) in [6, 6.07) is -0.988. The van der Waals surface area contributed by atoms with Gasteiger partial charge < -0.3 is 89.9 Å². The van der Waals surface area contributed by atoms with Gasteiger partial charge in [0.2, 0.25) is 5.91 Å². The summed E-state index contributed by atoms with van der Waals surface area (Å²) in [6.45, 7) is 1.47. The van der Waals surface area contributed by atoms with Crippen LogP contribution >= 0.6 is 0 Å². The van der Waals surface area contributed by atoms with Crippen LogP contribution in [-0.4, -0.2) is 193 Å². The molecule has 3 rings (SSSR count). The quantitative estimate of drug-likeness (QED) is 0.0199.